The Bertz CT molecular complexity index is 795. The summed E-state index contributed by atoms with van der Waals surface area (Å²) in [6.07, 6.45) is 4.44. The van der Waals surface area contributed by atoms with Crippen molar-refractivity contribution in [3.05, 3.63) is 35.2 Å². The van der Waals surface area contributed by atoms with E-state index in [2.05, 4.69) is 28.9 Å². The van der Waals surface area contributed by atoms with Gasteiger partial charge in [0.25, 0.3) is 5.95 Å². The summed E-state index contributed by atoms with van der Waals surface area (Å²) in [6.45, 7) is 8.59. The third-order valence-electron chi connectivity index (χ3n) is 5.31. The summed E-state index contributed by atoms with van der Waals surface area (Å²) < 4.78 is 11.1. The normalized spacial score (nSPS) is 15.2. The van der Waals surface area contributed by atoms with Gasteiger partial charge in [-0.1, -0.05) is 13.8 Å². The van der Waals surface area contributed by atoms with Crippen LogP contribution in [0.1, 0.15) is 67.3 Å². The number of carbonyl (C=O) groups excluding carboxylic acids is 1. The predicted octanol–water partition coefficient (Wildman–Crippen LogP) is 3.68. The Morgan fingerprint density at radius 1 is 1.36 bits per heavy atom. The van der Waals surface area contributed by atoms with Gasteiger partial charge in [0.05, 0.1) is 6.61 Å². The van der Waals surface area contributed by atoms with Gasteiger partial charge in [-0.15, -0.1) is 0 Å². The van der Waals surface area contributed by atoms with Crippen LogP contribution in [-0.2, 0) is 0 Å². The van der Waals surface area contributed by atoms with Gasteiger partial charge in [0.15, 0.2) is 0 Å². The third-order valence-corrected chi connectivity index (χ3v) is 5.31. The number of anilines is 1. The second kappa shape index (κ2) is 9.08. The lowest BCUT2D eigenvalue weighted by molar-refractivity contribution is 0.0999. The molecule has 1 aliphatic rings. The summed E-state index contributed by atoms with van der Waals surface area (Å²) in [7, 11) is 0. The van der Waals surface area contributed by atoms with Crippen LogP contribution >= 0.6 is 0 Å². The van der Waals surface area contributed by atoms with Crippen LogP contribution in [0, 0.1) is 12.8 Å². The smallest absolute Gasteiger partial charge is 0.266 e. The van der Waals surface area contributed by atoms with Crippen molar-refractivity contribution in [2.45, 2.75) is 52.4 Å². The van der Waals surface area contributed by atoms with Gasteiger partial charge < -0.3 is 19.9 Å². The fourth-order valence-electron chi connectivity index (χ4n) is 3.58. The van der Waals surface area contributed by atoms with Crippen molar-refractivity contribution in [1.29, 1.82) is 0 Å². The van der Waals surface area contributed by atoms with Crippen molar-refractivity contribution < 1.29 is 14.1 Å². The number of piperidine rings is 1. The van der Waals surface area contributed by atoms with Gasteiger partial charge in [-0.2, -0.15) is 4.98 Å². The van der Waals surface area contributed by atoms with E-state index in [1.807, 2.05) is 19.1 Å². The van der Waals surface area contributed by atoms with Gasteiger partial charge >= 0.3 is 0 Å². The zero-order chi connectivity index (χ0) is 20.1. The Hall–Kier alpha value is -2.57. The number of rotatable bonds is 8. The van der Waals surface area contributed by atoms with E-state index in [4.69, 9.17) is 15.0 Å². The first-order valence-corrected chi connectivity index (χ1v) is 10.1. The standard InChI is InChI=1S/C21H30N4O3/c1-14(2)20-23-21(24-28-20)25-10-8-16(9-11-25)5-4-12-27-17-6-7-18(19(22)26)15(3)13-17/h6-7,13-14,16H,4-5,8-12H2,1-3H3,(H2,22,26). The van der Waals surface area contributed by atoms with Crippen LogP contribution in [0.3, 0.4) is 0 Å². The molecule has 0 saturated carbocycles. The number of hydrogen-bond donors (Lipinski definition) is 1. The average Bonchev–Trinajstić information content (AvgIpc) is 3.16. The minimum atomic E-state index is -0.406. The number of primary amides is 1. The molecule has 1 amide bonds. The first kappa shape index (κ1) is 20.2. The fourth-order valence-corrected chi connectivity index (χ4v) is 3.58. The number of amides is 1. The van der Waals surface area contributed by atoms with Crippen LogP contribution in [0.25, 0.3) is 0 Å². The maximum absolute atomic E-state index is 11.3. The number of nitrogens with two attached hydrogens (primary N) is 1. The van der Waals surface area contributed by atoms with Gasteiger partial charge in [-0.3, -0.25) is 4.79 Å². The van der Waals surface area contributed by atoms with Crippen LogP contribution in [0.2, 0.25) is 0 Å². The highest BCUT2D eigenvalue weighted by atomic mass is 16.5. The summed E-state index contributed by atoms with van der Waals surface area (Å²) in [5.74, 6) is 2.77. The van der Waals surface area contributed by atoms with Gasteiger partial charge in [-0.05, 0) is 67.4 Å². The van der Waals surface area contributed by atoms with Gasteiger partial charge in [-0.25, -0.2) is 0 Å². The number of aromatic nitrogens is 2. The van der Waals surface area contributed by atoms with E-state index in [0.717, 1.165) is 56.0 Å². The summed E-state index contributed by atoms with van der Waals surface area (Å²) in [4.78, 5) is 18.0. The van der Waals surface area contributed by atoms with Crippen LogP contribution < -0.4 is 15.4 Å². The topological polar surface area (TPSA) is 94.5 Å². The molecule has 1 saturated heterocycles. The van der Waals surface area contributed by atoms with Crippen molar-refractivity contribution in [2.24, 2.45) is 11.7 Å². The number of nitrogens with zero attached hydrogens (tertiary/aromatic N) is 3. The molecule has 3 rings (SSSR count). The molecule has 0 bridgehead atoms. The maximum atomic E-state index is 11.3. The summed E-state index contributed by atoms with van der Waals surface area (Å²) in [6, 6.07) is 5.40. The van der Waals surface area contributed by atoms with E-state index >= 15 is 0 Å². The second-order valence-corrected chi connectivity index (χ2v) is 7.85. The Kier molecular flexibility index (Phi) is 6.54. The van der Waals surface area contributed by atoms with E-state index < -0.39 is 5.91 Å². The van der Waals surface area contributed by atoms with E-state index in [1.54, 1.807) is 6.07 Å². The molecule has 28 heavy (non-hydrogen) atoms. The zero-order valence-electron chi connectivity index (χ0n) is 17.0. The minimum Gasteiger partial charge on any atom is -0.494 e. The molecule has 0 aliphatic carbocycles. The highest BCUT2D eigenvalue weighted by molar-refractivity contribution is 5.94. The first-order valence-electron chi connectivity index (χ1n) is 10.1. The van der Waals surface area contributed by atoms with Crippen molar-refractivity contribution in [3.63, 3.8) is 0 Å². The van der Waals surface area contributed by atoms with Crippen LogP contribution in [0.4, 0.5) is 5.95 Å². The molecule has 7 nitrogen and oxygen atoms in total. The fraction of sp³-hybridized carbons (Fsp3) is 0.571. The quantitative estimate of drug-likeness (QED) is 0.696. The molecule has 7 heteroatoms. The van der Waals surface area contributed by atoms with E-state index in [-0.39, 0.29) is 5.92 Å². The highest BCUT2D eigenvalue weighted by Crippen LogP contribution is 2.26. The van der Waals surface area contributed by atoms with Crippen LogP contribution in [0.15, 0.2) is 22.7 Å². The Morgan fingerprint density at radius 2 is 2.11 bits per heavy atom. The molecule has 0 spiro atoms. The van der Waals surface area contributed by atoms with Crippen molar-refractivity contribution in [3.8, 4) is 5.75 Å². The number of benzene rings is 1. The molecule has 0 atom stereocenters. The molecule has 2 aromatic rings. The molecule has 152 valence electrons. The molecule has 1 fully saturated rings. The average molecular weight is 386 g/mol. The van der Waals surface area contributed by atoms with Crippen molar-refractivity contribution in [2.75, 3.05) is 24.6 Å². The Labute approximate surface area is 166 Å². The predicted molar refractivity (Wildman–Crippen MR) is 108 cm³/mol. The molecule has 2 N–H and O–H groups in total. The van der Waals surface area contributed by atoms with Crippen molar-refractivity contribution >= 4 is 11.9 Å². The van der Waals surface area contributed by atoms with Gasteiger partial charge in [0.2, 0.25) is 11.8 Å². The second-order valence-electron chi connectivity index (χ2n) is 7.85. The zero-order valence-corrected chi connectivity index (χ0v) is 17.0. The number of aryl methyl sites for hydroxylation is 1. The molecule has 1 aromatic carbocycles. The molecular formula is C21H30N4O3. The van der Waals surface area contributed by atoms with Gasteiger partial charge in [0, 0.05) is 24.6 Å². The Morgan fingerprint density at radius 3 is 2.71 bits per heavy atom. The summed E-state index contributed by atoms with van der Waals surface area (Å²) in [5, 5.41) is 4.11. The van der Waals surface area contributed by atoms with Crippen LogP contribution in [-0.4, -0.2) is 35.7 Å². The first-order chi connectivity index (χ1) is 13.4. The van der Waals surface area contributed by atoms with Gasteiger partial charge in [0.1, 0.15) is 5.75 Å². The lowest BCUT2D eigenvalue weighted by Gasteiger charge is -2.30. The van der Waals surface area contributed by atoms with E-state index in [1.165, 1.54) is 0 Å². The maximum Gasteiger partial charge on any atom is 0.266 e. The third kappa shape index (κ3) is 5.03. The highest BCUT2D eigenvalue weighted by Gasteiger charge is 2.23. The SMILES string of the molecule is Cc1cc(OCCCC2CCN(c3noc(C(C)C)n3)CC2)ccc1C(N)=O. The lowest BCUT2D eigenvalue weighted by Crippen LogP contribution is -2.34. The molecule has 0 unspecified atom stereocenters. The van der Waals surface area contributed by atoms with E-state index in [9.17, 15) is 4.79 Å². The molecular weight excluding hydrogens is 356 g/mol. The summed E-state index contributed by atoms with van der Waals surface area (Å²) >= 11 is 0. The summed E-state index contributed by atoms with van der Waals surface area (Å²) in [5.41, 5.74) is 6.72. The molecule has 2 heterocycles. The van der Waals surface area contributed by atoms with Crippen molar-refractivity contribution in [1.82, 2.24) is 10.1 Å². The monoisotopic (exact) mass is 386 g/mol. The molecule has 1 aliphatic heterocycles. The minimum absolute atomic E-state index is 0.259. The molecule has 1 aromatic heterocycles. The molecule has 0 radical (unpaired) electrons. The van der Waals surface area contributed by atoms with E-state index in [0.29, 0.717) is 24.0 Å². The number of carbonyl (C=O) groups is 1. The lowest BCUT2D eigenvalue weighted by atomic mass is 9.92. The van der Waals surface area contributed by atoms with Crippen LogP contribution in [0.5, 0.6) is 5.75 Å². The number of hydrogen-bond acceptors (Lipinski definition) is 6. The Balaban J connectivity index is 1.37. The number of ether oxygens (including phenoxy) is 1. The largest absolute Gasteiger partial charge is 0.494 e.